The van der Waals surface area contributed by atoms with E-state index in [0.717, 1.165) is 28.3 Å². The minimum atomic E-state index is 0.774. The molecule has 0 radical (unpaired) electrons. The highest BCUT2D eigenvalue weighted by atomic mass is 32.1. The van der Waals surface area contributed by atoms with Gasteiger partial charge in [-0.15, -0.1) is 11.3 Å². The van der Waals surface area contributed by atoms with Crippen molar-refractivity contribution < 1.29 is 0 Å². The summed E-state index contributed by atoms with van der Waals surface area (Å²) >= 11 is 1.67. The predicted molar refractivity (Wildman–Crippen MR) is 72.3 cm³/mol. The first-order valence-corrected chi connectivity index (χ1v) is 6.48. The molecule has 0 bridgehead atoms. The maximum atomic E-state index is 5.97. The third kappa shape index (κ3) is 1.61. The second-order valence-electron chi connectivity index (χ2n) is 3.95. The molecule has 0 aliphatic rings. The second-order valence-corrected chi connectivity index (χ2v) is 4.78. The fraction of sp³-hybridized carbons (Fsp3) is 0.154. The van der Waals surface area contributed by atoms with Gasteiger partial charge in [0.05, 0.1) is 5.69 Å². The standard InChI is InChI=1S/C13H13N3S/c1-2-9-8-17-13-15-12(7-16(9)13)10-5-3-4-6-11(10)14/h3-8H,2,14H2,1H3. The number of thiazole rings is 1. The zero-order chi connectivity index (χ0) is 11.8. The number of nitrogens with zero attached hydrogens (tertiary/aromatic N) is 2. The van der Waals surface area contributed by atoms with E-state index in [4.69, 9.17) is 5.73 Å². The lowest BCUT2D eigenvalue weighted by atomic mass is 10.1. The lowest BCUT2D eigenvalue weighted by Gasteiger charge is -2.00. The van der Waals surface area contributed by atoms with E-state index in [2.05, 4.69) is 27.9 Å². The van der Waals surface area contributed by atoms with Crippen molar-refractivity contribution in [2.75, 3.05) is 5.73 Å². The quantitative estimate of drug-likeness (QED) is 0.702. The molecule has 0 fully saturated rings. The van der Waals surface area contributed by atoms with Gasteiger partial charge >= 0.3 is 0 Å². The van der Waals surface area contributed by atoms with Gasteiger partial charge in [-0.1, -0.05) is 25.1 Å². The summed E-state index contributed by atoms with van der Waals surface area (Å²) in [6, 6.07) is 7.84. The van der Waals surface area contributed by atoms with Crippen molar-refractivity contribution in [3.8, 4) is 11.3 Å². The molecule has 0 saturated carbocycles. The van der Waals surface area contributed by atoms with Crippen molar-refractivity contribution in [3.05, 3.63) is 41.5 Å². The Labute approximate surface area is 104 Å². The predicted octanol–water partition coefficient (Wildman–Crippen LogP) is 3.21. The fourth-order valence-electron chi connectivity index (χ4n) is 1.94. The van der Waals surface area contributed by atoms with Gasteiger partial charge < -0.3 is 5.73 Å². The lowest BCUT2D eigenvalue weighted by molar-refractivity contribution is 1.00. The number of benzene rings is 1. The number of nitrogens with two attached hydrogens (primary N) is 1. The average molecular weight is 243 g/mol. The second kappa shape index (κ2) is 3.89. The number of hydrogen-bond acceptors (Lipinski definition) is 3. The van der Waals surface area contributed by atoms with Gasteiger partial charge in [0.25, 0.3) is 0 Å². The van der Waals surface area contributed by atoms with Crippen LogP contribution in [0.4, 0.5) is 5.69 Å². The number of hydrogen-bond donors (Lipinski definition) is 1. The zero-order valence-corrected chi connectivity index (χ0v) is 10.4. The van der Waals surface area contributed by atoms with Crippen LogP contribution in [0.3, 0.4) is 0 Å². The van der Waals surface area contributed by atoms with E-state index in [-0.39, 0.29) is 0 Å². The van der Waals surface area contributed by atoms with Crippen LogP contribution in [-0.4, -0.2) is 9.38 Å². The summed E-state index contributed by atoms with van der Waals surface area (Å²) in [7, 11) is 0. The summed E-state index contributed by atoms with van der Waals surface area (Å²) in [6.45, 7) is 2.15. The van der Waals surface area contributed by atoms with E-state index < -0.39 is 0 Å². The SMILES string of the molecule is CCc1csc2nc(-c3ccccc3N)cn12. The molecule has 0 atom stereocenters. The van der Waals surface area contributed by atoms with E-state index in [1.54, 1.807) is 11.3 Å². The Bertz CT molecular complexity index is 666. The van der Waals surface area contributed by atoms with Crippen molar-refractivity contribution in [2.24, 2.45) is 0 Å². The topological polar surface area (TPSA) is 43.3 Å². The van der Waals surface area contributed by atoms with Gasteiger partial charge in [0.1, 0.15) is 0 Å². The largest absolute Gasteiger partial charge is 0.398 e. The summed E-state index contributed by atoms with van der Waals surface area (Å²) in [4.78, 5) is 5.64. The summed E-state index contributed by atoms with van der Waals surface area (Å²) in [5.41, 5.74) is 9.99. The molecule has 3 aromatic rings. The number of anilines is 1. The molecule has 0 spiro atoms. The number of aryl methyl sites for hydroxylation is 1. The Balaban J connectivity index is 2.19. The minimum absolute atomic E-state index is 0.774. The normalized spacial score (nSPS) is 11.1. The van der Waals surface area contributed by atoms with Crippen molar-refractivity contribution >= 4 is 22.0 Å². The highest BCUT2D eigenvalue weighted by molar-refractivity contribution is 7.15. The van der Waals surface area contributed by atoms with Gasteiger partial charge in [-0.2, -0.15) is 0 Å². The van der Waals surface area contributed by atoms with E-state index in [1.807, 2.05) is 24.3 Å². The lowest BCUT2D eigenvalue weighted by Crippen LogP contribution is -1.89. The molecule has 2 aromatic heterocycles. The summed E-state index contributed by atoms with van der Waals surface area (Å²) in [5.74, 6) is 0. The Morgan fingerprint density at radius 3 is 2.94 bits per heavy atom. The maximum absolute atomic E-state index is 5.97. The van der Waals surface area contributed by atoms with Gasteiger partial charge in [0.15, 0.2) is 4.96 Å². The Kier molecular flexibility index (Phi) is 2.37. The Morgan fingerprint density at radius 1 is 1.35 bits per heavy atom. The number of fused-ring (bicyclic) bond motifs is 1. The molecule has 0 aliphatic heterocycles. The van der Waals surface area contributed by atoms with Crippen LogP contribution >= 0.6 is 11.3 Å². The van der Waals surface area contributed by atoms with Crippen LogP contribution in [0, 0.1) is 0 Å². The van der Waals surface area contributed by atoms with Crippen molar-refractivity contribution in [1.82, 2.24) is 9.38 Å². The number of para-hydroxylation sites is 1. The minimum Gasteiger partial charge on any atom is -0.398 e. The van der Waals surface area contributed by atoms with Crippen LogP contribution in [0.5, 0.6) is 0 Å². The van der Waals surface area contributed by atoms with Gasteiger partial charge in [-0.25, -0.2) is 4.98 Å². The molecule has 86 valence electrons. The molecule has 2 heterocycles. The van der Waals surface area contributed by atoms with E-state index in [9.17, 15) is 0 Å². The number of nitrogen functional groups attached to an aromatic ring is 1. The Hall–Kier alpha value is -1.81. The van der Waals surface area contributed by atoms with Gasteiger partial charge in [0.2, 0.25) is 0 Å². The fourth-order valence-corrected chi connectivity index (χ4v) is 2.90. The van der Waals surface area contributed by atoms with Gasteiger partial charge in [0, 0.05) is 28.5 Å². The molecule has 0 aliphatic carbocycles. The molecule has 0 amide bonds. The third-order valence-electron chi connectivity index (χ3n) is 2.88. The third-order valence-corrected chi connectivity index (χ3v) is 3.77. The van der Waals surface area contributed by atoms with Crippen molar-refractivity contribution in [1.29, 1.82) is 0 Å². The van der Waals surface area contributed by atoms with Crippen LogP contribution in [-0.2, 0) is 6.42 Å². The summed E-state index contributed by atoms with van der Waals surface area (Å²) < 4.78 is 2.15. The molecule has 4 heteroatoms. The van der Waals surface area contributed by atoms with E-state index in [0.29, 0.717) is 0 Å². The zero-order valence-electron chi connectivity index (χ0n) is 9.55. The maximum Gasteiger partial charge on any atom is 0.194 e. The van der Waals surface area contributed by atoms with Crippen molar-refractivity contribution in [3.63, 3.8) is 0 Å². The van der Waals surface area contributed by atoms with Crippen LogP contribution in [0.1, 0.15) is 12.6 Å². The van der Waals surface area contributed by atoms with Gasteiger partial charge in [-0.3, -0.25) is 4.40 Å². The number of aromatic nitrogens is 2. The average Bonchev–Trinajstić information content (AvgIpc) is 2.88. The first-order chi connectivity index (χ1) is 8.29. The first-order valence-electron chi connectivity index (χ1n) is 5.60. The molecule has 17 heavy (non-hydrogen) atoms. The van der Waals surface area contributed by atoms with E-state index >= 15 is 0 Å². The molecular weight excluding hydrogens is 230 g/mol. The molecule has 3 rings (SSSR count). The number of rotatable bonds is 2. The van der Waals surface area contributed by atoms with Crippen molar-refractivity contribution in [2.45, 2.75) is 13.3 Å². The van der Waals surface area contributed by atoms with Crippen LogP contribution < -0.4 is 5.73 Å². The smallest absolute Gasteiger partial charge is 0.194 e. The molecule has 2 N–H and O–H groups in total. The molecule has 0 unspecified atom stereocenters. The highest BCUT2D eigenvalue weighted by Gasteiger charge is 2.09. The number of imidazole rings is 1. The van der Waals surface area contributed by atoms with E-state index in [1.165, 1.54) is 5.69 Å². The highest BCUT2D eigenvalue weighted by Crippen LogP contribution is 2.27. The monoisotopic (exact) mass is 243 g/mol. The Morgan fingerprint density at radius 2 is 2.18 bits per heavy atom. The molecule has 0 saturated heterocycles. The molecule has 3 nitrogen and oxygen atoms in total. The van der Waals surface area contributed by atoms with Crippen LogP contribution in [0.15, 0.2) is 35.8 Å². The summed E-state index contributed by atoms with van der Waals surface area (Å²) in [5, 5.41) is 2.15. The molecular formula is C13H13N3S. The molecule has 1 aromatic carbocycles. The van der Waals surface area contributed by atoms with Crippen LogP contribution in [0.2, 0.25) is 0 Å². The van der Waals surface area contributed by atoms with Crippen LogP contribution in [0.25, 0.3) is 16.2 Å². The van der Waals surface area contributed by atoms with Gasteiger partial charge in [-0.05, 0) is 12.5 Å². The summed E-state index contributed by atoms with van der Waals surface area (Å²) in [6.07, 6.45) is 3.08. The first kappa shape index (κ1) is 10.4.